The molecule has 1 aliphatic heterocycles. The zero-order valence-corrected chi connectivity index (χ0v) is 11.3. The van der Waals surface area contributed by atoms with Gasteiger partial charge in [-0.1, -0.05) is 0 Å². The van der Waals surface area contributed by atoms with Crippen molar-refractivity contribution in [3.8, 4) is 0 Å². The van der Waals surface area contributed by atoms with Crippen molar-refractivity contribution in [2.75, 3.05) is 44.7 Å². The number of anilines is 1. The van der Waals surface area contributed by atoms with Crippen LogP contribution in [0.2, 0.25) is 0 Å². The molecule has 0 aromatic carbocycles. The maximum atomic E-state index is 12.0. The van der Waals surface area contributed by atoms with Crippen molar-refractivity contribution in [3.63, 3.8) is 0 Å². The zero-order valence-electron chi connectivity index (χ0n) is 10.5. The molecule has 6 heteroatoms. The summed E-state index contributed by atoms with van der Waals surface area (Å²) >= 11 is 1.48. The average molecular weight is 266 g/mol. The number of hydrogen-bond acceptors (Lipinski definition) is 5. The van der Waals surface area contributed by atoms with Gasteiger partial charge in [0.1, 0.15) is 0 Å². The van der Waals surface area contributed by atoms with Gasteiger partial charge in [0, 0.05) is 37.3 Å². The molecule has 1 aromatic heterocycles. The van der Waals surface area contributed by atoms with E-state index in [0.29, 0.717) is 11.4 Å². The van der Waals surface area contributed by atoms with Crippen LogP contribution in [0.1, 0.15) is 0 Å². The van der Waals surface area contributed by atoms with Crippen LogP contribution in [0.4, 0.5) is 5.69 Å². The molecular weight excluding hydrogens is 248 g/mol. The number of aromatic nitrogens is 1. The molecule has 2 rings (SSSR count). The van der Waals surface area contributed by atoms with E-state index in [1.54, 1.807) is 12.4 Å². The van der Waals surface area contributed by atoms with Crippen molar-refractivity contribution in [1.29, 1.82) is 0 Å². The van der Waals surface area contributed by atoms with Crippen LogP contribution in [0.3, 0.4) is 0 Å². The highest BCUT2D eigenvalue weighted by Crippen LogP contribution is 2.23. The molecule has 5 nitrogen and oxygen atoms in total. The second-order valence-corrected chi connectivity index (χ2v) is 5.40. The summed E-state index contributed by atoms with van der Waals surface area (Å²) in [7, 11) is 2.08. The molecule has 2 N–H and O–H groups in total. The second kappa shape index (κ2) is 6.06. The van der Waals surface area contributed by atoms with Gasteiger partial charge in [-0.15, -0.1) is 11.8 Å². The summed E-state index contributed by atoms with van der Waals surface area (Å²) in [5.41, 5.74) is 6.42. The van der Waals surface area contributed by atoms with Gasteiger partial charge < -0.3 is 15.5 Å². The molecule has 0 aliphatic carbocycles. The fraction of sp³-hybridized carbons (Fsp3) is 0.500. The molecule has 1 saturated heterocycles. The van der Waals surface area contributed by atoms with E-state index in [0.717, 1.165) is 31.1 Å². The maximum absolute atomic E-state index is 12.0. The molecule has 1 fully saturated rings. The Bertz CT molecular complexity index is 418. The molecule has 98 valence electrons. The van der Waals surface area contributed by atoms with E-state index in [1.807, 2.05) is 11.0 Å². The lowest BCUT2D eigenvalue weighted by Gasteiger charge is -2.32. The number of nitrogens with zero attached hydrogens (tertiary/aromatic N) is 3. The highest BCUT2D eigenvalue weighted by molar-refractivity contribution is 8.00. The topological polar surface area (TPSA) is 62.5 Å². The predicted octanol–water partition coefficient (Wildman–Crippen LogP) is 0.530. The number of carbonyl (C=O) groups excluding carboxylic acids is 1. The summed E-state index contributed by atoms with van der Waals surface area (Å²) in [6.07, 6.45) is 3.31. The fourth-order valence-corrected chi connectivity index (χ4v) is 2.65. The molecule has 1 aliphatic rings. The number of piperazine rings is 1. The summed E-state index contributed by atoms with van der Waals surface area (Å²) in [6.45, 7) is 3.55. The average Bonchev–Trinajstić information content (AvgIpc) is 2.38. The van der Waals surface area contributed by atoms with Crippen molar-refractivity contribution < 1.29 is 4.79 Å². The van der Waals surface area contributed by atoms with Crippen molar-refractivity contribution in [3.05, 3.63) is 18.5 Å². The van der Waals surface area contributed by atoms with Gasteiger partial charge in [-0.3, -0.25) is 9.78 Å². The van der Waals surface area contributed by atoms with E-state index in [1.165, 1.54) is 11.8 Å². The van der Waals surface area contributed by atoms with E-state index >= 15 is 0 Å². The molecule has 2 heterocycles. The Balaban J connectivity index is 1.83. The van der Waals surface area contributed by atoms with Crippen LogP contribution >= 0.6 is 11.8 Å². The number of pyridine rings is 1. The number of nitrogen functional groups attached to an aromatic ring is 1. The largest absolute Gasteiger partial charge is 0.397 e. The summed E-state index contributed by atoms with van der Waals surface area (Å²) in [4.78, 5) is 21.0. The SMILES string of the molecule is CN1CCN(C(=O)CSc2ccncc2N)CC1. The Labute approximate surface area is 111 Å². The van der Waals surface area contributed by atoms with E-state index in [2.05, 4.69) is 16.9 Å². The lowest BCUT2D eigenvalue weighted by molar-refractivity contribution is -0.129. The first-order chi connectivity index (χ1) is 8.66. The Hall–Kier alpha value is -1.27. The summed E-state index contributed by atoms with van der Waals surface area (Å²) in [5, 5.41) is 0. The van der Waals surface area contributed by atoms with Crippen LogP contribution in [0.25, 0.3) is 0 Å². The number of rotatable bonds is 3. The molecule has 0 saturated carbocycles. The van der Waals surface area contributed by atoms with Gasteiger partial charge in [-0.05, 0) is 13.1 Å². The standard InChI is InChI=1S/C12H18N4OS/c1-15-4-6-16(7-5-15)12(17)9-18-11-2-3-14-8-10(11)13/h2-3,8H,4-7,9,13H2,1H3. The van der Waals surface area contributed by atoms with Gasteiger partial charge in [0.05, 0.1) is 17.6 Å². The van der Waals surface area contributed by atoms with Crippen LogP contribution in [0.15, 0.2) is 23.4 Å². The van der Waals surface area contributed by atoms with E-state index in [4.69, 9.17) is 5.73 Å². The van der Waals surface area contributed by atoms with E-state index in [-0.39, 0.29) is 5.91 Å². The van der Waals surface area contributed by atoms with Crippen LogP contribution in [0.5, 0.6) is 0 Å². The number of nitrogens with two attached hydrogens (primary N) is 1. The number of carbonyl (C=O) groups is 1. The molecular formula is C12H18N4OS. The lowest BCUT2D eigenvalue weighted by Crippen LogP contribution is -2.47. The normalized spacial score (nSPS) is 16.8. The van der Waals surface area contributed by atoms with Crippen molar-refractivity contribution in [2.24, 2.45) is 0 Å². The number of likely N-dealkylation sites (N-methyl/N-ethyl adjacent to an activating group) is 1. The smallest absolute Gasteiger partial charge is 0.233 e. The molecule has 0 unspecified atom stereocenters. The van der Waals surface area contributed by atoms with Gasteiger partial charge in [-0.25, -0.2) is 0 Å². The first-order valence-corrected chi connectivity index (χ1v) is 6.94. The third-order valence-corrected chi connectivity index (χ3v) is 4.09. The quantitative estimate of drug-likeness (QED) is 0.809. The lowest BCUT2D eigenvalue weighted by atomic mass is 10.3. The Kier molecular flexibility index (Phi) is 4.43. The van der Waals surface area contributed by atoms with E-state index in [9.17, 15) is 4.79 Å². The van der Waals surface area contributed by atoms with Gasteiger partial charge in [0.15, 0.2) is 0 Å². The maximum Gasteiger partial charge on any atom is 0.233 e. The summed E-state index contributed by atoms with van der Waals surface area (Å²) in [6, 6.07) is 1.84. The summed E-state index contributed by atoms with van der Waals surface area (Å²) in [5.74, 6) is 0.627. The van der Waals surface area contributed by atoms with Crippen molar-refractivity contribution in [1.82, 2.24) is 14.8 Å². The minimum atomic E-state index is 0.185. The molecule has 1 aromatic rings. The van der Waals surface area contributed by atoms with Crippen LogP contribution < -0.4 is 5.73 Å². The molecule has 0 bridgehead atoms. The van der Waals surface area contributed by atoms with Crippen molar-refractivity contribution >= 4 is 23.4 Å². The molecule has 0 spiro atoms. The predicted molar refractivity (Wildman–Crippen MR) is 73.5 cm³/mol. The van der Waals surface area contributed by atoms with Crippen LogP contribution in [-0.2, 0) is 4.79 Å². The van der Waals surface area contributed by atoms with E-state index < -0.39 is 0 Å². The third kappa shape index (κ3) is 3.36. The number of thioether (sulfide) groups is 1. The minimum absolute atomic E-state index is 0.185. The number of amides is 1. The van der Waals surface area contributed by atoms with Gasteiger partial charge in [-0.2, -0.15) is 0 Å². The first-order valence-electron chi connectivity index (χ1n) is 5.95. The Morgan fingerprint density at radius 3 is 2.83 bits per heavy atom. The van der Waals surface area contributed by atoms with Gasteiger partial charge >= 0.3 is 0 Å². The third-order valence-electron chi connectivity index (χ3n) is 3.02. The molecule has 0 radical (unpaired) electrons. The molecule has 1 amide bonds. The van der Waals surface area contributed by atoms with Gasteiger partial charge in [0.2, 0.25) is 5.91 Å². The fourth-order valence-electron chi connectivity index (χ4n) is 1.81. The molecule has 18 heavy (non-hydrogen) atoms. The monoisotopic (exact) mass is 266 g/mol. The highest BCUT2D eigenvalue weighted by Gasteiger charge is 2.19. The minimum Gasteiger partial charge on any atom is -0.397 e. The summed E-state index contributed by atoms with van der Waals surface area (Å²) < 4.78 is 0. The second-order valence-electron chi connectivity index (χ2n) is 4.39. The van der Waals surface area contributed by atoms with Crippen LogP contribution in [-0.4, -0.2) is 59.7 Å². The number of hydrogen-bond donors (Lipinski definition) is 1. The van der Waals surface area contributed by atoms with Crippen LogP contribution in [0, 0.1) is 0 Å². The Morgan fingerprint density at radius 1 is 1.44 bits per heavy atom. The Morgan fingerprint density at radius 2 is 2.17 bits per heavy atom. The first kappa shape index (κ1) is 13.2. The zero-order chi connectivity index (χ0) is 13.0. The van der Waals surface area contributed by atoms with Crippen molar-refractivity contribution in [2.45, 2.75) is 4.90 Å². The van der Waals surface area contributed by atoms with Gasteiger partial charge in [0.25, 0.3) is 0 Å². The highest BCUT2D eigenvalue weighted by atomic mass is 32.2. The molecule has 0 atom stereocenters.